The first kappa shape index (κ1) is 22.1. The van der Waals surface area contributed by atoms with E-state index in [4.69, 9.17) is 0 Å². The van der Waals surface area contributed by atoms with Crippen molar-refractivity contribution >= 4 is 29.0 Å². The molecule has 0 saturated carbocycles. The average molecular weight is 376 g/mol. The maximum Gasteiger partial charge on any atom is 0.124 e. The van der Waals surface area contributed by atoms with Crippen molar-refractivity contribution in [3.8, 4) is 0 Å². The predicted molar refractivity (Wildman–Crippen MR) is 115 cm³/mol. The van der Waals surface area contributed by atoms with E-state index in [-0.39, 0.29) is 5.82 Å². The summed E-state index contributed by atoms with van der Waals surface area (Å²) in [6, 6.07) is 13.2. The second-order valence-electron chi connectivity index (χ2n) is 6.02. The lowest BCUT2D eigenvalue weighted by Gasteiger charge is -2.17. The molecule has 0 saturated heterocycles. The molecule has 2 rings (SSSR count). The number of nitrogens with one attached hydrogen (secondary N) is 2. The molecule has 0 amide bonds. The first-order valence-corrected chi connectivity index (χ1v) is 9.60. The largest absolute Gasteiger partial charge is 0.383 e. The normalized spacial score (nSPS) is 10.3. The summed E-state index contributed by atoms with van der Waals surface area (Å²) in [5.74, 6) is -0.250. The van der Waals surface area contributed by atoms with E-state index in [1.807, 2.05) is 56.5 Å². The molecule has 2 aromatic carbocycles. The number of nitrogens with zero attached hydrogens (tertiary/aromatic N) is 1. The van der Waals surface area contributed by atoms with Crippen LogP contribution < -0.4 is 10.6 Å². The quantitative estimate of drug-likeness (QED) is 0.553. The van der Waals surface area contributed by atoms with Crippen molar-refractivity contribution in [1.29, 1.82) is 0 Å². The highest BCUT2D eigenvalue weighted by Gasteiger charge is 2.09. The van der Waals surface area contributed by atoms with Crippen LogP contribution in [0.4, 0.5) is 15.8 Å². The molecule has 2 N–H and O–H groups in total. The Bertz CT molecular complexity index is 697. The minimum absolute atomic E-state index is 0.250. The Morgan fingerprint density at radius 3 is 2.23 bits per heavy atom. The monoisotopic (exact) mass is 375 g/mol. The van der Waals surface area contributed by atoms with E-state index >= 15 is 0 Å². The summed E-state index contributed by atoms with van der Waals surface area (Å²) in [5.41, 5.74) is 3.68. The topological polar surface area (TPSA) is 27.3 Å². The highest BCUT2D eigenvalue weighted by atomic mass is 32.2. The summed E-state index contributed by atoms with van der Waals surface area (Å²) in [7, 11) is 3.85. The third kappa shape index (κ3) is 7.10. The molecule has 0 fully saturated rings. The zero-order valence-electron chi connectivity index (χ0n) is 16.6. The van der Waals surface area contributed by atoms with Gasteiger partial charge in [-0.3, -0.25) is 4.31 Å². The number of rotatable bonds is 7. The molecule has 0 atom stereocenters. The van der Waals surface area contributed by atoms with Crippen molar-refractivity contribution in [1.82, 2.24) is 4.31 Å². The molecule has 0 aromatic heterocycles. The van der Waals surface area contributed by atoms with Gasteiger partial charge in [-0.25, -0.2) is 4.39 Å². The zero-order valence-corrected chi connectivity index (χ0v) is 17.4. The Hall–Kier alpha value is -1.98. The Morgan fingerprint density at radius 1 is 1.08 bits per heavy atom. The van der Waals surface area contributed by atoms with Crippen molar-refractivity contribution in [3.05, 3.63) is 60.4 Å². The highest BCUT2D eigenvalue weighted by Crippen LogP contribution is 2.31. The summed E-state index contributed by atoms with van der Waals surface area (Å²) in [6.07, 6.45) is 0. The van der Waals surface area contributed by atoms with Crippen LogP contribution in [0.15, 0.2) is 53.9 Å². The third-order valence-electron chi connectivity index (χ3n) is 3.20. The van der Waals surface area contributed by atoms with Crippen LogP contribution in [0.3, 0.4) is 0 Å². The fourth-order valence-electron chi connectivity index (χ4n) is 2.21. The molecule has 0 aliphatic heterocycles. The van der Waals surface area contributed by atoms with Crippen LogP contribution in [0.2, 0.25) is 0 Å². The molecule has 0 unspecified atom stereocenters. The lowest BCUT2D eigenvalue weighted by molar-refractivity contribution is 0.623. The predicted octanol–water partition coefficient (Wildman–Crippen LogP) is 6.32. The first-order valence-electron chi connectivity index (χ1n) is 8.83. The van der Waals surface area contributed by atoms with Crippen LogP contribution in [0.5, 0.6) is 0 Å². The molecule has 26 heavy (non-hydrogen) atoms. The van der Waals surface area contributed by atoms with E-state index in [0.717, 1.165) is 27.5 Å². The van der Waals surface area contributed by atoms with E-state index in [9.17, 15) is 4.39 Å². The number of benzene rings is 2. The second-order valence-corrected chi connectivity index (χ2v) is 7.38. The molecule has 142 valence electrons. The molecular formula is C21H30FN3S. The third-order valence-corrected chi connectivity index (χ3v) is 4.10. The van der Waals surface area contributed by atoms with Gasteiger partial charge in [-0.1, -0.05) is 32.6 Å². The second kappa shape index (κ2) is 10.9. The van der Waals surface area contributed by atoms with Gasteiger partial charge in [-0.2, -0.15) is 0 Å². The molecule has 2 aromatic rings. The van der Waals surface area contributed by atoms with E-state index in [1.54, 1.807) is 6.07 Å². The van der Waals surface area contributed by atoms with Crippen LogP contribution >= 0.6 is 11.9 Å². The molecule has 0 bridgehead atoms. The van der Waals surface area contributed by atoms with Gasteiger partial charge in [0.05, 0.1) is 5.69 Å². The summed E-state index contributed by atoms with van der Waals surface area (Å²) in [6.45, 7) is 12.3. The lowest BCUT2D eigenvalue weighted by Crippen LogP contribution is -2.09. The van der Waals surface area contributed by atoms with Crippen molar-refractivity contribution < 1.29 is 4.39 Å². The van der Waals surface area contributed by atoms with Gasteiger partial charge in [-0.05, 0) is 75.8 Å². The van der Waals surface area contributed by atoms with Crippen molar-refractivity contribution in [3.63, 3.8) is 0 Å². The van der Waals surface area contributed by atoms with Gasteiger partial charge in [-0.15, -0.1) is 0 Å². The Morgan fingerprint density at radius 2 is 1.69 bits per heavy atom. The smallest absolute Gasteiger partial charge is 0.124 e. The molecule has 0 aliphatic carbocycles. The number of anilines is 2. The van der Waals surface area contributed by atoms with E-state index < -0.39 is 0 Å². The molecule has 3 nitrogen and oxygen atoms in total. The minimum atomic E-state index is -0.250. The first-order chi connectivity index (χ1) is 12.3. The summed E-state index contributed by atoms with van der Waals surface area (Å²) in [4.78, 5) is 0.819. The molecular weight excluding hydrogens is 345 g/mol. The summed E-state index contributed by atoms with van der Waals surface area (Å²) in [5, 5.41) is 6.65. The van der Waals surface area contributed by atoms with Crippen LogP contribution in [-0.2, 0) is 0 Å². The van der Waals surface area contributed by atoms with Gasteiger partial charge in [0.25, 0.3) is 0 Å². The fraction of sp³-hybridized carbons (Fsp3) is 0.333. The maximum absolute atomic E-state index is 13.5. The van der Waals surface area contributed by atoms with Crippen molar-refractivity contribution in [2.75, 3.05) is 24.7 Å². The molecule has 0 spiro atoms. The van der Waals surface area contributed by atoms with Crippen LogP contribution in [0.1, 0.15) is 33.3 Å². The Kier molecular flexibility index (Phi) is 9.24. The maximum atomic E-state index is 13.5. The minimum Gasteiger partial charge on any atom is -0.383 e. The molecule has 0 radical (unpaired) electrons. The molecule has 5 heteroatoms. The average Bonchev–Trinajstić information content (AvgIpc) is 2.58. The van der Waals surface area contributed by atoms with Crippen LogP contribution in [0.25, 0.3) is 5.70 Å². The van der Waals surface area contributed by atoms with Crippen molar-refractivity contribution in [2.24, 2.45) is 0 Å². The van der Waals surface area contributed by atoms with Crippen molar-refractivity contribution in [2.45, 2.75) is 38.6 Å². The standard InChI is InChI=1S/C19H24FN3S.C2H6/c1-13(2)21-17-9-6-15(7-10-17)14(3)22-18-11-8-16(20)12-19(18)24-23(4)5;1-2/h6-13,21-22H,3H2,1-2,4-5H3;1-2H3. The Labute approximate surface area is 161 Å². The van der Waals surface area contributed by atoms with Crippen LogP contribution in [0, 0.1) is 5.82 Å². The van der Waals surface area contributed by atoms with E-state index in [0.29, 0.717) is 6.04 Å². The Balaban J connectivity index is 0.00000163. The molecule has 0 aliphatic rings. The summed E-state index contributed by atoms with van der Waals surface area (Å²) >= 11 is 1.47. The summed E-state index contributed by atoms with van der Waals surface area (Å²) < 4.78 is 15.4. The van der Waals surface area contributed by atoms with Gasteiger partial charge in [0.15, 0.2) is 0 Å². The van der Waals surface area contributed by atoms with Crippen LogP contribution in [-0.4, -0.2) is 24.4 Å². The zero-order chi connectivity index (χ0) is 19.7. The number of hydrogen-bond acceptors (Lipinski definition) is 4. The van der Waals surface area contributed by atoms with Gasteiger partial charge in [0.2, 0.25) is 0 Å². The van der Waals surface area contributed by atoms with Gasteiger partial charge in [0.1, 0.15) is 5.82 Å². The van der Waals surface area contributed by atoms with E-state index in [2.05, 4.69) is 31.1 Å². The SMILES string of the molecule is C=C(Nc1ccc(F)cc1SN(C)C)c1ccc(NC(C)C)cc1.CC. The fourth-order valence-corrected chi connectivity index (χ4v) is 2.98. The van der Waals surface area contributed by atoms with Gasteiger partial charge < -0.3 is 10.6 Å². The van der Waals surface area contributed by atoms with E-state index in [1.165, 1.54) is 24.1 Å². The van der Waals surface area contributed by atoms with Gasteiger partial charge in [0, 0.05) is 22.3 Å². The number of halogens is 1. The highest BCUT2D eigenvalue weighted by molar-refractivity contribution is 7.97. The molecule has 0 heterocycles. The lowest BCUT2D eigenvalue weighted by atomic mass is 10.1. The number of hydrogen-bond donors (Lipinski definition) is 2. The van der Waals surface area contributed by atoms with Gasteiger partial charge >= 0.3 is 0 Å².